The van der Waals surface area contributed by atoms with Gasteiger partial charge < -0.3 is 15.0 Å². The van der Waals surface area contributed by atoms with Crippen molar-refractivity contribution in [3.8, 4) is 5.75 Å². The van der Waals surface area contributed by atoms with E-state index in [2.05, 4.69) is 5.32 Å². The molecule has 1 unspecified atom stereocenters. The molecule has 1 fully saturated rings. The summed E-state index contributed by atoms with van der Waals surface area (Å²) in [6, 6.07) is 3.46. The minimum absolute atomic E-state index is 0.0331. The Morgan fingerprint density at radius 2 is 2.10 bits per heavy atom. The summed E-state index contributed by atoms with van der Waals surface area (Å²) in [7, 11) is 3.39. The fraction of sp³-hybridized carbons (Fsp3) is 0.500. The van der Waals surface area contributed by atoms with Crippen LogP contribution in [0, 0.1) is 0 Å². The number of hydrogen-bond donors (Lipinski definition) is 1. The highest BCUT2D eigenvalue weighted by Crippen LogP contribution is 2.34. The number of nitrogens with zero attached hydrogens (tertiary/aromatic N) is 1. The summed E-state index contributed by atoms with van der Waals surface area (Å²) < 4.78 is 5.10. The minimum Gasteiger partial charge on any atom is -0.494 e. The monoisotopic (exact) mass is 316 g/mol. The molecule has 0 spiro atoms. The number of rotatable bonds is 4. The van der Waals surface area contributed by atoms with Crippen molar-refractivity contribution in [2.75, 3.05) is 27.2 Å². The van der Waals surface area contributed by atoms with Crippen LogP contribution >= 0.6 is 23.2 Å². The smallest absolute Gasteiger partial charge is 0.254 e. The molecule has 1 atom stereocenters. The second kappa shape index (κ2) is 6.66. The Morgan fingerprint density at radius 3 is 2.65 bits per heavy atom. The molecule has 1 heterocycles. The lowest BCUT2D eigenvalue weighted by atomic mass is 10.1. The highest BCUT2D eigenvalue weighted by atomic mass is 35.5. The van der Waals surface area contributed by atoms with Crippen molar-refractivity contribution < 1.29 is 9.53 Å². The van der Waals surface area contributed by atoms with Crippen molar-refractivity contribution in [2.45, 2.75) is 18.9 Å². The van der Waals surface area contributed by atoms with Crippen LogP contribution < -0.4 is 10.1 Å². The molecule has 6 heteroatoms. The van der Waals surface area contributed by atoms with E-state index in [1.54, 1.807) is 12.1 Å². The molecule has 1 N–H and O–H groups in total. The Hall–Kier alpha value is -0.970. The lowest BCUT2D eigenvalue weighted by Gasteiger charge is -2.25. The molecule has 0 radical (unpaired) electrons. The summed E-state index contributed by atoms with van der Waals surface area (Å²) in [6.45, 7) is 1.57. The number of amides is 1. The van der Waals surface area contributed by atoms with Crippen LogP contribution in [-0.4, -0.2) is 44.1 Å². The molecule has 4 nitrogen and oxygen atoms in total. The molecule has 0 saturated carbocycles. The Kier molecular flexibility index (Phi) is 5.13. The maximum atomic E-state index is 12.6. The summed E-state index contributed by atoms with van der Waals surface area (Å²) in [4.78, 5) is 14.5. The van der Waals surface area contributed by atoms with E-state index in [0.29, 0.717) is 21.4 Å². The van der Waals surface area contributed by atoms with Gasteiger partial charge in [0.05, 0.1) is 17.2 Å². The third-order valence-electron chi connectivity index (χ3n) is 3.53. The van der Waals surface area contributed by atoms with Gasteiger partial charge in [0.2, 0.25) is 0 Å². The highest BCUT2D eigenvalue weighted by molar-refractivity contribution is 6.37. The van der Waals surface area contributed by atoms with Gasteiger partial charge in [-0.25, -0.2) is 0 Å². The first-order valence-corrected chi connectivity index (χ1v) is 7.32. The zero-order chi connectivity index (χ0) is 14.7. The second-order valence-electron chi connectivity index (χ2n) is 4.83. The van der Waals surface area contributed by atoms with Gasteiger partial charge in [-0.3, -0.25) is 4.79 Å². The van der Waals surface area contributed by atoms with Crippen molar-refractivity contribution in [1.29, 1.82) is 0 Å². The number of likely N-dealkylation sites (tertiary alicyclic amines) is 1. The van der Waals surface area contributed by atoms with Gasteiger partial charge in [0.15, 0.2) is 5.75 Å². The molecule has 110 valence electrons. The molecule has 1 aromatic carbocycles. The number of methoxy groups -OCH3 is 1. The van der Waals surface area contributed by atoms with Crippen LogP contribution in [0.4, 0.5) is 0 Å². The van der Waals surface area contributed by atoms with E-state index in [0.717, 1.165) is 25.9 Å². The molecular weight excluding hydrogens is 299 g/mol. The Balaban J connectivity index is 2.25. The zero-order valence-electron chi connectivity index (χ0n) is 11.6. The molecular formula is C14H18Cl2N2O2. The van der Waals surface area contributed by atoms with Crippen LogP contribution in [0.2, 0.25) is 10.0 Å². The third kappa shape index (κ3) is 3.03. The Labute approximate surface area is 129 Å². The van der Waals surface area contributed by atoms with Gasteiger partial charge in [-0.05, 0) is 32.0 Å². The molecule has 20 heavy (non-hydrogen) atoms. The summed E-state index contributed by atoms with van der Waals surface area (Å²) in [5.41, 5.74) is 0.504. The summed E-state index contributed by atoms with van der Waals surface area (Å²) in [6.07, 6.45) is 2.04. The molecule has 1 saturated heterocycles. The van der Waals surface area contributed by atoms with Crippen LogP contribution in [0.15, 0.2) is 12.1 Å². The number of likely N-dealkylation sites (N-methyl/N-ethyl adjacent to an activating group) is 1. The topological polar surface area (TPSA) is 41.6 Å². The predicted octanol–water partition coefficient (Wildman–Crippen LogP) is 2.83. The first kappa shape index (κ1) is 15.4. The lowest BCUT2D eigenvalue weighted by molar-refractivity contribution is 0.0737. The number of hydrogen-bond acceptors (Lipinski definition) is 3. The zero-order valence-corrected chi connectivity index (χ0v) is 13.1. The standard InChI is InChI=1S/C14H18Cl2N2O2/c1-17-8-10-4-3-5-18(10)14(19)9-6-11(15)13(20-2)12(16)7-9/h6-7,10,17H,3-5,8H2,1-2H3. The van der Waals surface area contributed by atoms with E-state index in [4.69, 9.17) is 27.9 Å². The van der Waals surface area contributed by atoms with E-state index < -0.39 is 0 Å². The quantitative estimate of drug-likeness (QED) is 0.928. The first-order valence-electron chi connectivity index (χ1n) is 6.57. The van der Waals surface area contributed by atoms with Crippen molar-refractivity contribution in [1.82, 2.24) is 10.2 Å². The van der Waals surface area contributed by atoms with Crippen LogP contribution in [0.5, 0.6) is 5.75 Å². The molecule has 0 aliphatic carbocycles. The Morgan fingerprint density at radius 1 is 1.45 bits per heavy atom. The van der Waals surface area contributed by atoms with E-state index in [9.17, 15) is 4.79 Å². The van der Waals surface area contributed by atoms with Gasteiger partial charge >= 0.3 is 0 Å². The van der Waals surface area contributed by atoms with Crippen molar-refractivity contribution in [3.63, 3.8) is 0 Å². The van der Waals surface area contributed by atoms with E-state index in [1.807, 2.05) is 11.9 Å². The number of halogens is 2. The van der Waals surface area contributed by atoms with Crippen LogP contribution in [0.1, 0.15) is 23.2 Å². The predicted molar refractivity (Wildman–Crippen MR) is 81.0 cm³/mol. The van der Waals surface area contributed by atoms with Crippen molar-refractivity contribution in [2.24, 2.45) is 0 Å². The molecule has 1 aliphatic heterocycles. The number of carbonyl (C=O) groups is 1. The fourth-order valence-corrected chi connectivity index (χ4v) is 3.24. The fourth-order valence-electron chi connectivity index (χ4n) is 2.60. The SMILES string of the molecule is CNCC1CCCN1C(=O)c1cc(Cl)c(OC)c(Cl)c1. The van der Waals surface area contributed by atoms with Crippen LogP contribution in [0.25, 0.3) is 0 Å². The minimum atomic E-state index is -0.0331. The molecule has 1 amide bonds. The van der Waals surface area contributed by atoms with Gasteiger partial charge in [0.1, 0.15) is 0 Å². The van der Waals surface area contributed by atoms with Gasteiger partial charge in [0.25, 0.3) is 5.91 Å². The normalized spacial score (nSPS) is 18.4. The number of nitrogens with one attached hydrogen (secondary N) is 1. The first-order chi connectivity index (χ1) is 9.58. The lowest BCUT2D eigenvalue weighted by Crippen LogP contribution is -2.40. The van der Waals surface area contributed by atoms with Crippen molar-refractivity contribution in [3.05, 3.63) is 27.7 Å². The van der Waals surface area contributed by atoms with Gasteiger partial charge in [-0.15, -0.1) is 0 Å². The molecule has 1 aliphatic rings. The average Bonchev–Trinajstić information content (AvgIpc) is 2.86. The van der Waals surface area contributed by atoms with Gasteiger partial charge in [-0.1, -0.05) is 23.2 Å². The Bertz CT molecular complexity index is 485. The number of benzene rings is 1. The molecule has 2 rings (SSSR count). The number of ether oxygens (including phenoxy) is 1. The summed E-state index contributed by atoms with van der Waals surface area (Å²) in [5.74, 6) is 0.368. The van der Waals surface area contributed by atoms with E-state index in [1.165, 1.54) is 7.11 Å². The maximum Gasteiger partial charge on any atom is 0.254 e. The molecule has 1 aromatic rings. The van der Waals surface area contributed by atoms with Crippen LogP contribution in [0.3, 0.4) is 0 Å². The van der Waals surface area contributed by atoms with Gasteiger partial charge in [0, 0.05) is 24.7 Å². The van der Waals surface area contributed by atoms with Gasteiger partial charge in [-0.2, -0.15) is 0 Å². The largest absolute Gasteiger partial charge is 0.494 e. The summed E-state index contributed by atoms with van der Waals surface area (Å²) in [5, 5.41) is 3.83. The summed E-state index contributed by atoms with van der Waals surface area (Å²) >= 11 is 12.2. The maximum absolute atomic E-state index is 12.6. The second-order valence-corrected chi connectivity index (χ2v) is 5.64. The molecule has 0 bridgehead atoms. The van der Waals surface area contributed by atoms with E-state index in [-0.39, 0.29) is 11.9 Å². The van der Waals surface area contributed by atoms with Crippen molar-refractivity contribution >= 4 is 29.1 Å². The third-order valence-corrected chi connectivity index (χ3v) is 4.09. The highest BCUT2D eigenvalue weighted by Gasteiger charge is 2.29. The molecule has 0 aromatic heterocycles. The number of carbonyl (C=O) groups excluding carboxylic acids is 1. The average molecular weight is 317 g/mol. The van der Waals surface area contributed by atoms with E-state index >= 15 is 0 Å². The van der Waals surface area contributed by atoms with Crippen LogP contribution in [-0.2, 0) is 0 Å².